The predicted molar refractivity (Wildman–Crippen MR) is 82.7 cm³/mol. The second-order valence-electron chi connectivity index (χ2n) is 4.79. The fourth-order valence-corrected chi connectivity index (χ4v) is 2.52. The average molecular weight is 320 g/mol. The summed E-state index contributed by atoms with van der Waals surface area (Å²) in [6, 6.07) is 12.0. The van der Waals surface area contributed by atoms with Crippen molar-refractivity contribution in [3.05, 3.63) is 57.8 Å². The van der Waals surface area contributed by atoms with E-state index in [2.05, 4.69) is 45.0 Å². The normalized spacial score (nSPS) is 10.9. The maximum Gasteiger partial charge on any atom is 0.0547 e. The van der Waals surface area contributed by atoms with E-state index in [-0.39, 0.29) is 0 Å². The van der Waals surface area contributed by atoms with Crippen molar-refractivity contribution in [1.82, 2.24) is 9.88 Å². The van der Waals surface area contributed by atoms with E-state index in [1.54, 1.807) is 0 Å². The molecule has 1 aromatic carbocycles. The molecule has 2 aromatic rings. The third kappa shape index (κ3) is 4.04. The van der Waals surface area contributed by atoms with E-state index in [1.165, 1.54) is 5.56 Å². The number of benzene rings is 1. The highest BCUT2D eigenvalue weighted by atomic mass is 79.9. The van der Waals surface area contributed by atoms with Crippen molar-refractivity contribution in [1.29, 1.82) is 0 Å². The first-order valence-electron chi connectivity index (χ1n) is 6.19. The van der Waals surface area contributed by atoms with Crippen LogP contribution < -0.4 is 5.73 Å². The Morgan fingerprint density at radius 3 is 2.68 bits per heavy atom. The molecule has 0 amide bonds. The molecular weight excluding hydrogens is 302 g/mol. The lowest BCUT2D eigenvalue weighted by Gasteiger charge is -2.17. The van der Waals surface area contributed by atoms with Gasteiger partial charge in [-0.25, -0.2) is 0 Å². The molecule has 0 fully saturated rings. The van der Waals surface area contributed by atoms with Crippen molar-refractivity contribution >= 4 is 21.6 Å². The number of pyridine rings is 1. The zero-order valence-electron chi connectivity index (χ0n) is 11.2. The lowest BCUT2D eigenvalue weighted by atomic mass is 10.2. The summed E-state index contributed by atoms with van der Waals surface area (Å²) in [5.74, 6) is 0. The molecule has 0 aliphatic carbocycles. The van der Waals surface area contributed by atoms with E-state index in [4.69, 9.17) is 5.73 Å². The van der Waals surface area contributed by atoms with Crippen molar-refractivity contribution in [2.24, 2.45) is 0 Å². The van der Waals surface area contributed by atoms with Crippen LogP contribution in [0.15, 0.2) is 40.9 Å². The monoisotopic (exact) mass is 319 g/mol. The van der Waals surface area contributed by atoms with Crippen LogP contribution in [0, 0.1) is 6.92 Å². The van der Waals surface area contributed by atoms with Gasteiger partial charge in [-0.05, 0) is 43.8 Å². The molecule has 0 atom stereocenters. The highest BCUT2D eigenvalue weighted by Gasteiger charge is 2.06. The molecule has 0 unspecified atom stereocenters. The van der Waals surface area contributed by atoms with Gasteiger partial charge in [0.25, 0.3) is 0 Å². The predicted octanol–water partition coefficient (Wildman–Crippen LogP) is 3.37. The number of rotatable bonds is 4. The Balaban J connectivity index is 2.03. The van der Waals surface area contributed by atoms with Gasteiger partial charge in [0.2, 0.25) is 0 Å². The summed E-state index contributed by atoms with van der Waals surface area (Å²) in [5.41, 5.74) is 9.89. The number of halogens is 1. The molecule has 0 spiro atoms. The molecule has 0 saturated heterocycles. The van der Waals surface area contributed by atoms with E-state index in [0.29, 0.717) is 0 Å². The number of nitrogen functional groups attached to an aromatic ring is 1. The molecule has 1 heterocycles. The van der Waals surface area contributed by atoms with Crippen LogP contribution in [0.3, 0.4) is 0 Å². The van der Waals surface area contributed by atoms with Gasteiger partial charge in [-0.1, -0.05) is 28.1 Å². The summed E-state index contributed by atoms with van der Waals surface area (Å²) in [5, 5.41) is 0. The Morgan fingerprint density at radius 2 is 2.00 bits per heavy atom. The molecule has 4 heteroatoms. The summed E-state index contributed by atoms with van der Waals surface area (Å²) >= 11 is 3.55. The quantitative estimate of drug-likeness (QED) is 0.878. The fourth-order valence-electron chi connectivity index (χ4n) is 2.00. The minimum absolute atomic E-state index is 0.777. The third-order valence-electron chi connectivity index (χ3n) is 2.90. The molecule has 100 valence electrons. The van der Waals surface area contributed by atoms with Crippen LogP contribution in [0.1, 0.15) is 17.0 Å². The second kappa shape index (κ2) is 6.17. The van der Waals surface area contributed by atoms with Crippen LogP contribution >= 0.6 is 15.9 Å². The van der Waals surface area contributed by atoms with Crippen molar-refractivity contribution in [3.63, 3.8) is 0 Å². The summed E-state index contributed by atoms with van der Waals surface area (Å²) in [6.45, 7) is 3.70. The first-order valence-corrected chi connectivity index (χ1v) is 6.99. The number of nitrogens with zero attached hydrogens (tertiary/aromatic N) is 2. The molecule has 0 aliphatic rings. The molecule has 2 N–H and O–H groups in total. The Morgan fingerprint density at radius 1 is 1.21 bits per heavy atom. The maximum absolute atomic E-state index is 5.74. The summed E-state index contributed by atoms with van der Waals surface area (Å²) in [7, 11) is 2.09. The minimum atomic E-state index is 0.777. The van der Waals surface area contributed by atoms with Gasteiger partial charge in [0, 0.05) is 28.9 Å². The highest BCUT2D eigenvalue weighted by molar-refractivity contribution is 9.10. The molecule has 0 saturated carbocycles. The number of anilines is 1. The Bertz CT molecular complexity index is 569. The Labute approximate surface area is 122 Å². The molecule has 0 bridgehead atoms. The number of aromatic nitrogens is 1. The van der Waals surface area contributed by atoms with E-state index in [9.17, 15) is 0 Å². The van der Waals surface area contributed by atoms with Crippen molar-refractivity contribution in [3.8, 4) is 0 Å². The van der Waals surface area contributed by atoms with Gasteiger partial charge in [0.15, 0.2) is 0 Å². The van der Waals surface area contributed by atoms with E-state index in [1.807, 2.05) is 31.2 Å². The molecule has 1 aromatic heterocycles. The second-order valence-corrected chi connectivity index (χ2v) is 5.65. The van der Waals surface area contributed by atoms with Gasteiger partial charge in [-0.2, -0.15) is 0 Å². The first kappa shape index (κ1) is 14.0. The van der Waals surface area contributed by atoms with Gasteiger partial charge in [0.05, 0.1) is 5.69 Å². The lowest BCUT2D eigenvalue weighted by molar-refractivity contribution is 0.314. The van der Waals surface area contributed by atoms with E-state index < -0.39 is 0 Å². The van der Waals surface area contributed by atoms with Crippen LogP contribution in [-0.4, -0.2) is 16.9 Å². The molecule has 19 heavy (non-hydrogen) atoms. The summed E-state index contributed by atoms with van der Waals surface area (Å²) in [6.07, 6.45) is 0. The molecule has 0 aliphatic heterocycles. The van der Waals surface area contributed by atoms with Gasteiger partial charge in [-0.15, -0.1) is 0 Å². The first-order chi connectivity index (χ1) is 9.04. The van der Waals surface area contributed by atoms with E-state index >= 15 is 0 Å². The minimum Gasteiger partial charge on any atom is -0.399 e. The average Bonchev–Trinajstić information content (AvgIpc) is 2.33. The Kier molecular flexibility index (Phi) is 4.56. The van der Waals surface area contributed by atoms with Gasteiger partial charge in [0.1, 0.15) is 0 Å². The summed E-state index contributed by atoms with van der Waals surface area (Å²) in [4.78, 5) is 6.75. The zero-order valence-corrected chi connectivity index (χ0v) is 12.8. The largest absolute Gasteiger partial charge is 0.399 e. The zero-order chi connectivity index (χ0) is 13.8. The number of aryl methyl sites for hydroxylation is 1. The number of hydrogen-bond acceptors (Lipinski definition) is 3. The number of hydrogen-bond donors (Lipinski definition) is 1. The van der Waals surface area contributed by atoms with E-state index in [0.717, 1.165) is 34.6 Å². The van der Waals surface area contributed by atoms with Crippen molar-refractivity contribution in [2.75, 3.05) is 12.8 Å². The Hall–Kier alpha value is -1.39. The SMILES string of the molecule is Cc1cccc(CN(C)Cc2ccc(N)cc2Br)n1. The maximum atomic E-state index is 5.74. The van der Waals surface area contributed by atoms with Gasteiger partial charge in [-0.3, -0.25) is 9.88 Å². The van der Waals surface area contributed by atoms with Crippen LogP contribution in [0.4, 0.5) is 5.69 Å². The third-order valence-corrected chi connectivity index (χ3v) is 3.63. The fraction of sp³-hybridized carbons (Fsp3) is 0.267. The standard InChI is InChI=1S/C15H18BrN3/c1-11-4-3-5-14(18-11)10-19(2)9-12-6-7-13(17)8-15(12)16/h3-8H,9-10,17H2,1-2H3. The van der Waals surface area contributed by atoms with Crippen molar-refractivity contribution in [2.45, 2.75) is 20.0 Å². The lowest BCUT2D eigenvalue weighted by Crippen LogP contribution is -2.18. The molecule has 0 radical (unpaired) electrons. The topological polar surface area (TPSA) is 42.1 Å². The molecular formula is C15H18BrN3. The van der Waals surface area contributed by atoms with Crippen LogP contribution in [0.25, 0.3) is 0 Å². The van der Waals surface area contributed by atoms with Crippen LogP contribution in [0.2, 0.25) is 0 Å². The van der Waals surface area contributed by atoms with Gasteiger partial charge >= 0.3 is 0 Å². The molecule has 2 rings (SSSR count). The van der Waals surface area contributed by atoms with Crippen molar-refractivity contribution < 1.29 is 0 Å². The van der Waals surface area contributed by atoms with Crippen LogP contribution in [0.5, 0.6) is 0 Å². The number of nitrogens with two attached hydrogens (primary N) is 1. The smallest absolute Gasteiger partial charge is 0.0547 e. The molecule has 3 nitrogen and oxygen atoms in total. The van der Waals surface area contributed by atoms with Crippen LogP contribution in [-0.2, 0) is 13.1 Å². The highest BCUT2D eigenvalue weighted by Crippen LogP contribution is 2.21. The summed E-state index contributed by atoms with van der Waals surface area (Å²) < 4.78 is 1.05. The van der Waals surface area contributed by atoms with Gasteiger partial charge < -0.3 is 5.73 Å².